The van der Waals surface area contributed by atoms with E-state index in [1.165, 1.54) is 12.1 Å². The molecule has 0 bridgehead atoms. The molecule has 2 aliphatic rings. The fourth-order valence-corrected chi connectivity index (χ4v) is 5.54. The molecule has 1 saturated heterocycles. The monoisotopic (exact) mass is 450 g/mol. The third-order valence-electron chi connectivity index (χ3n) is 5.19. The summed E-state index contributed by atoms with van der Waals surface area (Å²) < 4.78 is 34.0. The number of anilines is 1. The van der Waals surface area contributed by atoms with Crippen molar-refractivity contribution in [3.63, 3.8) is 0 Å². The van der Waals surface area contributed by atoms with Gasteiger partial charge >= 0.3 is 6.03 Å². The van der Waals surface area contributed by atoms with Gasteiger partial charge in [-0.3, -0.25) is 19.8 Å². The number of amides is 3. The lowest BCUT2D eigenvalue weighted by molar-refractivity contribution is -0.126. The average molecular weight is 451 g/mol. The molecule has 2 aromatic rings. The lowest BCUT2D eigenvalue weighted by Crippen LogP contribution is -2.60. The van der Waals surface area contributed by atoms with Gasteiger partial charge in [0.25, 0.3) is 0 Å². The lowest BCUT2D eigenvalue weighted by Gasteiger charge is -2.38. The largest absolute Gasteiger partial charge is 0.456 e. The van der Waals surface area contributed by atoms with Crippen molar-refractivity contribution >= 4 is 39.2 Å². The van der Waals surface area contributed by atoms with Crippen LogP contribution in [0, 0.1) is 5.92 Å². The number of nitrogens with zero attached hydrogens (tertiary/aromatic N) is 1. The van der Waals surface area contributed by atoms with Crippen LogP contribution < -0.4 is 20.1 Å². The summed E-state index contributed by atoms with van der Waals surface area (Å²) in [6.07, 6.45) is 4.01. The van der Waals surface area contributed by atoms with Crippen LogP contribution in [0.3, 0.4) is 0 Å². The van der Waals surface area contributed by atoms with Crippen LogP contribution in [0.15, 0.2) is 42.7 Å². The first-order chi connectivity index (χ1) is 14.3. The number of imide groups is 1. The molecule has 3 atom stereocenters. The second-order valence-electron chi connectivity index (χ2n) is 7.19. The first kappa shape index (κ1) is 20.4. The number of hydrogen-bond donors (Lipinski definition) is 3. The van der Waals surface area contributed by atoms with Crippen LogP contribution in [0.1, 0.15) is 19.3 Å². The van der Waals surface area contributed by atoms with Crippen molar-refractivity contribution in [1.82, 2.24) is 15.6 Å². The molecule has 30 heavy (non-hydrogen) atoms. The molecule has 2 heterocycles. The van der Waals surface area contributed by atoms with Gasteiger partial charge in [0.05, 0.1) is 28.1 Å². The van der Waals surface area contributed by atoms with E-state index in [0.29, 0.717) is 24.3 Å². The second kappa shape index (κ2) is 8.11. The minimum absolute atomic E-state index is 0.117. The zero-order valence-electron chi connectivity index (χ0n) is 15.7. The Morgan fingerprint density at radius 2 is 2.00 bits per heavy atom. The number of carbonyl (C=O) groups is 2. The fraction of sp³-hybridized carbons (Fsp3) is 0.316. The van der Waals surface area contributed by atoms with Crippen molar-refractivity contribution in [2.75, 3.05) is 4.72 Å². The number of ether oxygens (including phenoxy) is 1. The average Bonchev–Trinajstić information content (AvgIpc) is 2.70. The molecule has 11 heteroatoms. The number of rotatable bonds is 5. The molecule has 0 radical (unpaired) electrons. The molecule has 158 valence electrons. The topological polar surface area (TPSA) is 126 Å². The quantitative estimate of drug-likeness (QED) is 0.642. The Balaban J connectivity index is 1.45. The highest BCUT2D eigenvalue weighted by Crippen LogP contribution is 2.34. The number of sulfonamides is 1. The van der Waals surface area contributed by atoms with E-state index in [2.05, 4.69) is 20.3 Å². The number of halogens is 1. The van der Waals surface area contributed by atoms with Gasteiger partial charge in [-0.15, -0.1) is 0 Å². The van der Waals surface area contributed by atoms with Crippen molar-refractivity contribution in [2.24, 2.45) is 5.92 Å². The van der Waals surface area contributed by atoms with Gasteiger partial charge < -0.3 is 10.1 Å². The molecular weight excluding hydrogens is 432 g/mol. The first-order valence-electron chi connectivity index (χ1n) is 9.32. The van der Waals surface area contributed by atoms with Crippen LogP contribution in [-0.2, 0) is 14.8 Å². The van der Waals surface area contributed by atoms with Crippen LogP contribution in [-0.4, -0.2) is 36.6 Å². The van der Waals surface area contributed by atoms with Crippen LogP contribution in [0.2, 0.25) is 5.02 Å². The first-order valence-corrected chi connectivity index (χ1v) is 11.2. The molecule has 1 saturated carbocycles. The Bertz CT molecular complexity index is 1080. The Hall–Kier alpha value is -2.85. The van der Waals surface area contributed by atoms with Crippen molar-refractivity contribution < 1.29 is 22.7 Å². The molecule has 3 N–H and O–H groups in total. The Labute approximate surface area is 178 Å². The summed E-state index contributed by atoms with van der Waals surface area (Å²) in [5.74, 6) is -0.0649. The number of carbonyl (C=O) groups excluding carboxylic acids is 2. The molecule has 1 aliphatic heterocycles. The summed E-state index contributed by atoms with van der Waals surface area (Å²) in [6, 6.07) is 7.20. The molecule has 9 nitrogen and oxygen atoms in total. The van der Waals surface area contributed by atoms with Crippen LogP contribution in [0.5, 0.6) is 11.5 Å². The predicted molar refractivity (Wildman–Crippen MR) is 110 cm³/mol. The van der Waals surface area contributed by atoms with Gasteiger partial charge in [-0.05, 0) is 43.5 Å². The van der Waals surface area contributed by atoms with E-state index in [4.69, 9.17) is 16.3 Å². The maximum absolute atomic E-state index is 12.9. The molecule has 0 spiro atoms. The van der Waals surface area contributed by atoms with Crippen molar-refractivity contribution in [3.8, 4) is 11.5 Å². The summed E-state index contributed by atoms with van der Waals surface area (Å²) in [7, 11) is -3.80. The highest BCUT2D eigenvalue weighted by Gasteiger charge is 2.43. The minimum Gasteiger partial charge on any atom is -0.456 e. The molecule has 1 aromatic carbocycles. The zero-order chi connectivity index (χ0) is 21.3. The summed E-state index contributed by atoms with van der Waals surface area (Å²) in [5.41, 5.74) is 0.221. The molecule has 1 aromatic heterocycles. The fourth-order valence-electron chi connectivity index (χ4n) is 3.71. The van der Waals surface area contributed by atoms with Crippen molar-refractivity contribution in [3.05, 3.63) is 47.7 Å². The number of aromatic nitrogens is 1. The van der Waals surface area contributed by atoms with E-state index in [0.717, 1.165) is 0 Å². The minimum atomic E-state index is -3.80. The van der Waals surface area contributed by atoms with E-state index in [1.807, 2.05) is 0 Å². The smallest absolute Gasteiger partial charge is 0.321 e. The summed E-state index contributed by atoms with van der Waals surface area (Å²) in [4.78, 5) is 27.5. The van der Waals surface area contributed by atoms with E-state index in [9.17, 15) is 18.0 Å². The van der Waals surface area contributed by atoms with Crippen molar-refractivity contribution in [1.29, 1.82) is 0 Å². The molecule has 2 fully saturated rings. The molecule has 3 unspecified atom stereocenters. The standard InChI is InChI=1S/C19H19ClN4O5S/c20-15-8-11(29-12-2-1-7-21-10-12)3-5-17(15)24-30(27,28)13-4-6-16-14(9-13)18(25)23-19(26)22-16/h1-3,5,7-8,10,13-14,16,24H,4,6,9H2,(H2,22,23,25,26). The second-order valence-corrected chi connectivity index (χ2v) is 9.56. The summed E-state index contributed by atoms with van der Waals surface area (Å²) in [6.45, 7) is 0. The third-order valence-corrected chi connectivity index (χ3v) is 7.32. The van der Waals surface area contributed by atoms with Crippen molar-refractivity contribution in [2.45, 2.75) is 30.6 Å². The molecule has 1 aliphatic carbocycles. The lowest BCUT2D eigenvalue weighted by atomic mass is 9.82. The van der Waals surface area contributed by atoms with E-state index in [-0.39, 0.29) is 23.2 Å². The van der Waals surface area contributed by atoms with Gasteiger partial charge in [0.2, 0.25) is 15.9 Å². The number of urea groups is 1. The van der Waals surface area contributed by atoms with Gasteiger partial charge in [-0.1, -0.05) is 11.6 Å². The van der Waals surface area contributed by atoms with Gasteiger partial charge in [-0.25, -0.2) is 13.2 Å². The molecule has 3 amide bonds. The van der Waals surface area contributed by atoms with E-state index >= 15 is 0 Å². The molecule has 4 rings (SSSR count). The van der Waals surface area contributed by atoms with Crippen LogP contribution >= 0.6 is 11.6 Å². The highest BCUT2D eigenvalue weighted by molar-refractivity contribution is 7.93. The number of hydrogen-bond acceptors (Lipinski definition) is 6. The van der Waals surface area contributed by atoms with Gasteiger partial charge in [-0.2, -0.15) is 0 Å². The maximum atomic E-state index is 12.9. The Morgan fingerprint density at radius 1 is 1.17 bits per heavy atom. The highest BCUT2D eigenvalue weighted by atomic mass is 35.5. The van der Waals surface area contributed by atoms with E-state index < -0.39 is 33.1 Å². The van der Waals surface area contributed by atoms with Crippen LogP contribution in [0.4, 0.5) is 10.5 Å². The number of nitrogens with one attached hydrogen (secondary N) is 3. The Morgan fingerprint density at radius 3 is 2.73 bits per heavy atom. The molecular formula is C19H19ClN4O5S. The van der Waals surface area contributed by atoms with Crippen LogP contribution in [0.25, 0.3) is 0 Å². The van der Waals surface area contributed by atoms with Gasteiger partial charge in [0, 0.05) is 18.3 Å². The van der Waals surface area contributed by atoms with Gasteiger partial charge in [0.1, 0.15) is 11.5 Å². The Kier molecular flexibility index (Phi) is 5.52. The normalized spacial score (nSPS) is 23.7. The predicted octanol–water partition coefficient (Wildman–Crippen LogP) is 2.65. The summed E-state index contributed by atoms with van der Waals surface area (Å²) in [5, 5.41) is 4.27. The van der Waals surface area contributed by atoms with Gasteiger partial charge in [0.15, 0.2) is 0 Å². The summed E-state index contributed by atoms with van der Waals surface area (Å²) >= 11 is 6.26. The number of pyridine rings is 1. The van der Waals surface area contributed by atoms with E-state index in [1.54, 1.807) is 30.6 Å². The number of benzene rings is 1. The zero-order valence-corrected chi connectivity index (χ0v) is 17.2. The third kappa shape index (κ3) is 4.34. The maximum Gasteiger partial charge on any atom is 0.321 e. The SMILES string of the molecule is O=C1NC(=O)C2CC(S(=O)(=O)Nc3ccc(Oc4cccnc4)cc3Cl)CCC2N1. The number of fused-ring (bicyclic) bond motifs is 1.